The summed E-state index contributed by atoms with van der Waals surface area (Å²) < 4.78 is 12.0. The van der Waals surface area contributed by atoms with E-state index in [1.807, 2.05) is 36.4 Å². The van der Waals surface area contributed by atoms with Crippen LogP contribution in [0.2, 0.25) is 0 Å². The van der Waals surface area contributed by atoms with Crippen LogP contribution in [0, 0.1) is 6.92 Å². The van der Waals surface area contributed by atoms with Gasteiger partial charge in [-0.15, -0.1) is 0 Å². The summed E-state index contributed by atoms with van der Waals surface area (Å²) in [6, 6.07) is 12.2. The number of halogens is 1. The molecule has 9 N–H and O–H groups in total. The molecule has 3 aromatic rings. The fourth-order valence-corrected chi connectivity index (χ4v) is 9.62. The van der Waals surface area contributed by atoms with Crippen molar-refractivity contribution >= 4 is 51.2 Å². The average Bonchev–Trinajstić information content (AvgIpc) is 3.32. The van der Waals surface area contributed by atoms with Crippen LogP contribution in [0.15, 0.2) is 65.4 Å². The third kappa shape index (κ3) is 11.5. The molecule has 0 bridgehead atoms. The fraction of sp³-hybridized carbons (Fsp3) is 0.533. The van der Waals surface area contributed by atoms with Crippen molar-refractivity contribution in [1.29, 1.82) is 0 Å². The predicted molar refractivity (Wildman–Crippen MR) is 243 cm³/mol. The van der Waals surface area contributed by atoms with Gasteiger partial charge in [-0.3, -0.25) is 14.6 Å². The Balaban J connectivity index is 1.07. The lowest BCUT2D eigenvalue weighted by Crippen LogP contribution is -2.60. The Kier molecular flexibility index (Phi) is 16.1. The maximum atomic E-state index is 14.5. The third-order valence-corrected chi connectivity index (χ3v) is 13.2. The van der Waals surface area contributed by atoms with Crippen LogP contribution in [-0.4, -0.2) is 165 Å². The zero-order valence-electron chi connectivity index (χ0n) is 36.4. The van der Waals surface area contributed by atoms with Crippen molar-refractivity contribution in [2.45, 2.75) is 101 Å². The summed E-state index contributed by atoms with van der Waals surface area (Å²) in [5.41, 5.74) is 9.81. The smallest absolute Gasteiger partial charge is 0.322 e. The van der Waals surface area contributed by atoms with Crippen molar-refractivity contribution in [2.75, 3.05) is 62.6 Å². The van der Waals surface area contributed by atoms with Gasteiger partial charge < -0.3 is 71.2 Å². The summed E-state index contributed by atoms with van der Waals surface area (Å²) >= 11 is 3.53. The molecule has 2 aromatic carbocycles. The highest BCUT2D eigenvalue weighted by Crippen LogP contribution is 2.34. The quantitative estimate of drug-likeness (QED) is 0.101. The van der Waals surface area contributed by atoms with Gasteiger partial charge in [0.05, 0.1) is 11.1 Å². The molecule has 19 nitrogen and oxygen atoms in total. The number of carbonyl (C=O) groups excluding carboxylic acids is 4. The van der Waals surface area contributed by atoms with Gasteiger partial charge in [0.25, 0.3) is 0 Å². The van der Waals surface area contributed by atoms with Crippen molar-refractivity contribution in [3.63, 3.8) is 0 Å². The number of piperidine rings is 1. The van der Waals surface area contributed by atoms with E-state index in [0.717, 1.165) is 16.9 Å². The minimum atomic E-state index is -1.64. The number of amides is 6. The van der Waals surface area contributed by atoms with Gasteiger partial charge in [0.1, 0.15) is 42.2 Å². The number of piperazine rings is 1. The normalized spacial score (nSPS) is 23.6. The molecule has 352 valence electrons. The molecule has 0 radical (unpaired) electrons. The second-order valence-corrected chi connectivity index (χ2v) is 17.9. The van der Waals surface area contributed by atoms with Crippen LogP contribution in [0.1, 0.15) is 48.8 Å². The van der Waals surface area contributed by atoms with E-state index in [0.29, 0.717) is 100 Å². The topological polar surface area (TPSA) is 256 Å². The molecule has 65 heavy (non-hydrogen) atoms. The summed E-state index contributed by atoms with van der Waals surface area (Å²) in [5.74, 6) is -0.519. The Morgan fingerprint density at radius 3 is 2.35 bits per heavy atom. The first kappa shape index (κ1) is 47.9. The summed E-state index contributed by atoms with van der Waals surface area (Å²) in [6.45, 7) is 4.81. The largest absolute Gasteiger partial charge is 0.461 e. The van der Waals surface area contributed by atoms with Crippen LogP contribution < -0.4 is 31.3 Å². The van der Waals surface area contributed by atoms with Crippen LogP contribution in [0.5, 0.6) is 5.75 Å². The Hall–Kier alpha value is -5.09. The van der Waals surface area contributed by atoms with E-state index < -0.39 is 61.3 Å². The number of benzene rings is 2. The number of nitrogens with two attached hydrogens (primary N) is 1. The molecule has 6 amide bonds. The number of aryl methyl sites for hydroxylation is 1. The lowest BCUT2D eigenvalue weighted by atomic mass is 9.99. The molecule has 0 spiro atoms. The zero-order chi connectivity index (χ0) is 46.2. The van der Waals surface area contributed by atoms with Gasteiger partial charge in [-0.05, 0) is 102 Å². The Bertz CT molecular complexity index is 2100. The number of aromatic nitrogens is 1. The van der Waals surface area contributed by atoms with Crippen LogP contribution >= 0.6 is 15.9 Å². The van der Waals surface area contributed by atoms with Crippen molar-refractivity contribution in [1.82, 2.24) is 30.3 Å². The molecule has 7 rings (SSSR count). The number of likely N-dealkylation sites (tertiary alicyclic amines) is 1. The number of carbonyl (C=O) groups is 4. The van der Waals surface area contributed by atoms with E-state index in [2.05, 4.69) is 41.8 Å². The maximum absolute atomic E-state index is 14.5. The number of nitrogens with one attached hydrogen (secondary N) is 3. The van der Waals surface area contributed by atoms with Crippen LogP contribution in [0.4, 0.5) is 21.0 Å². The summed E-state index contributed by atoms with van der Waals surface area (Å²) in [5, 5.41) is 49.8. The molecule has 5 heterocycles. The lowest BCUT2D eigenvalue weighted by Gasteiger charge is -2.40. The highest BCUT2D eigenvalue weighted by atomic mass is 79.9. The highest BCUT2D eigenvalue weighted by Gasteiger charge is 2.45. The molecule has 7 atom stereocenters. The number of unbranched alkanes of at least 4 members (excludes halogenated alkanes) is 1. The van der Waals surface area contributed by atoms with E-state index >= 15 is 0 Å². The van der Waals surface area contributed by atoms with Crippen LogP contribution in [0.25, 0.3) is 0 Å². The predicted octanol–water partition coefficient (Wildman–Crippen LogP) is 1.43. The molecule has 1 aromatic heterocycles. The summed E-state index contributed by atoms with van der Waals surface area (Å²) in [6.07, 6.45) is -1.28. The Morgan fingerprint density at radius 1 is 0.938 bits per heavy atom. The standard InChI is InChI=1S/C45H60BrN9O10/c1-27-22-28(23-32(46)40(27)65-43-39(59)38(58)37(57)36(26-56)64-43)24-35(51-44(62)54-16-11-31(12-17-54)55-25-29-6-2-3-7-33(29)50-45(55)63)41(60)49-34(8-4-5-13-47)42(61)53-20-18-52(19-21-53)30-9-14-48-15-10-30/h2-3,6-7,9-10,14-15,22-23,31,34-39,43,56-59H,4-5,8,11-13,16-21,24-26,47H2,1H3,(H,49,60)(H,50,63)(H,51,62)/t34-,35+,36+,37+,38-,39?,43?/m0/s1. The molecule has 4 aliphatic rings. The van der Waals surface area contributed by atoms with E-state index in [-0.39, 0.29) is 30.2 Å². The molecular weight excluding hydrogens is 906 g/mol. The second-order valence-electron chi connectivity index (χ2n) is 17.0. The Labute approximate surface area is 386 Å². The first-order chi connectivity index (χ1) is 31.3. The number of urea groups is 2. The number of fused-ring (bicyclic) bond motifs is 1. The molecular formula is C45H60BrN9O10. The van der Waals surface area contributed by atoms with E-state index in [4.69, 9.17) is 15.2 Å². The van der Waals surface area contributed by atoms with Crippen molar-refractivity contribution in [3.8, 4) is 5.75 Å². The number of aliphatic hydroxyl groups excluding tert-OH is 4. The second kappa shape index (κ2) is 21.9. The Morgan fingerprint density at radius 2 is 1.66 bits per heavy atom. The third-order valence-electron chi connectivity index (χ3n) is 12.7. The van der Waals surface area contributed by atoms with Gasteiger partial charge >= 0.3 is 12.1 Å². The molecule has 0 aliphatic carbocycles. The van der Waals surface area contributed by atoms with Crippen LogP contribution in [-0.2, 0) is 27.3 Å². The molecule has 3 saturated heterocycles. The van der Waals surface area contributed by atoms with E-state index in [1.54, 1.807) is 46.1 Å². The van der Waals surface area contributed by atoms with Gasteiger partial charge in [0, 0.05) is 82.0 Å². The number of para-hydroxylation sites is 1. The highest BCUT2D eigenvalue weighted by molar-refractivity contribution is 9.10. The lowest BCUT2D eigenvalue weighted by molar-refractivity contribution is -0.277. The number of nitrogens with zero attached hydrogens (tertiary/aromatic N) is 5. The number of rotatable bonds is 15. The minimum Gasteiger partial charge on any atom is -0.461 e. The molecule has 4 aliphatic heterocycles. The van der Waals surface area contributed by atoms with E-state index in [1.165, 1.54) is 0 Å². The van der Waals surface area contributed by atoms with Crippen LogP contribution in [0.3, 0.4) is 0 Å². The molecule has 0 saturated carbocycles. The average molecular weight is 967 g/mol. The molecule has 2 unspecified atom stereocenters. The van der Waals surface area contributed by atoms with E-state index in [9.17, 15) is 39.6 Å². The fourth-order valence-electron chi connectivity index (χ4n) is 8.92. The number of pyridine rings is 1. The number of anilines is 2. The number of aliphatic hydroxyl groups is 4. The van der Waals surface area contributed by atoms with Gasteiger partial charge in [-0.25, -0.2) is 9.59 Å². The molecule has 3 fully saturated rings. The minimum absolute atomic E-state index is 0.00941. The summed E-state index contributed by atoms with van der Waals surface area (Å²) in [4.78, 5) is 67.4. The zero-order valence-corrected chi connectivity index (χ0v) is 38.0. The van der Waals surface area contributed by atoms with Crippen molar-refractivity contribution in [2.24, 2.45) is 5.73 Å². The SMILES string of the molecule is Cc1cc(C[C@@H](NC(=O)N2CCC(N3Cc4ccccc4NC3=O)CC2)C(=O)N[C@@H](CCCCN)C(=O)N2CCN(c3ccncc3)CC2)cc(Br)c1OC1O[C@H](CO)[C@@H](O)[C@H](O)C1O. The van der Waals surface area contributed by atoms with Crippen molar-refractivity contribution in [3.05, 3.63) is 82.1 Å². The van der Waals surface area contributed by atoms with Gasteiger partial charge in [-0.1, -0.05) is 24.3 Å². The van der Waals surface area contributed by atoms with Gasteiger partial charge in [-0.2, -0.15) is 0 Å². The number of ether oxygens (including phenoxy) is 2. The van der Waals surface area contributed by atoms with Crippen molar-refractivity contribution < 1.29 is 49.1 Å². The van der Waals surface area contributed by atoms with Gasteiger partial charge in [0.15, 0.2) is 0 Å². The maximum Gasteiger partial charge on any atom is 0.322 e. The number of hydrogen-bond acceptors (Lipinski definition) is 13. The monoisotopic (exact) mass is 965 g/mol. The molecule has 20 heteroatoms. The number of hydrogen-bond donors (Lipinski definition) is 8. The summed E-state index contributed by atoms with van der Waals surface area (Å²) in [7, 11) is 0. The van der Waals surface area contributed by atoms with Gasteiger partial charge in [0.2, 0.25) is 18.1 Å². The first-order valence-electron chi connectivity index (χ1n) is 22.3. The first-order valence-corrected chi connectivity index (χ1v) is 23.1.